The summed E-state index contributed by atoms with van der Waals surface area (Å²) in [6.07, 6.45) is 1.71. The van der Waals surface area contributed by atoms with E-state index >= 15 is 0 Å². The molecule has 1 N–H and O–H groups in total. The normalized spacial score (nSPS) is 18.0. The highest BCUT2D eigenvalue weighted by atomic mass is 16.2. The zero-order valence-corrected chi connectivity index (χ0v) is 15.9. The number of carbonyl (C=O) groups excluding carboxylic acids is 2. The molecular formula is C21H29N3O2. The lowest BCUT2D eigenvalue weighted by Gasteiger charge is -2.29. The van der Waals surface area contributed by atoms with Crippen molar-refractivity contribution in [2.75, 3.05) is 31.1 Å². The third kappa shape index (κ3) is 3.83. The lowest BCUT2D eigenvalue weighted by atomic mass is 10.0. The number of amides is 1. The van der Waals surface area contributed by atoms with Crippen LogP contribution >= 0.6 is 0 Å². The molecule has 2 aliphatic rings. The molecule has 2 aliphatic heterocycles. The van der Waals surface area contributed by atoms with Gasteiger partial charge in [0.1, 0.15) is 5.78 Å². The second-order valence-electron chi connectivity index (χ2n) is 7.30. The minimum atomic E-state index is -0.0759. The molecule has 1 aromatic rings. The fourth-order valence-corrected chi connectivity index (χ4v) is 3.84. The lowest BCUT2D eigenvalue weighted by Crippen LogP contribution is -2.43. The Kier molecular flexibility index (Phi) is 5.77. The molecular weight excluding hydrogens is 326 g/mol. The molecule has 1 amide bonds. The summed E-state index contributed by atoms with van der Waals surface area (Å²) in [6, 6.07) is 6.10. The number of hydrogen-bond donors (Lipinski definition) is 1. The van der Waals surface area contributed by atoms with Crippen molar-refractivity contribution in [1.29, 1.82) is 0 Å². The number of nitrogens with one attached hydrogen (secondary N) is 1. The van der Waals surface area contributed by atoms with E-state index in [9.17, 15) is 9.59 Å². The molecule has 0 aliphatic carbocycles. The Morgan fingerprint density at radius 3 is 2.69 bits per heavy atom. The summed E-state index contributed by atoms with van der Waals surface area (Å²) < 4.78 is 0. The molecule has 26 heavy (non-hydrogen) atoms. The van der Waals surface area contributed by atoms with Gasteiger partial charge in [-0.15, -0.1) is 0 Å². The van der Waals surface area contributed by atoms with Crippen molar-refractivity contribution in [2.45, 2.75) is 45.7 Å². The van der Waals surface area contributed by atoms with E-state index in [-0.39, 0.29) is 17.7 Å². The van der Waals surface area contributed by atoms with Crippen molar-refractivity contribution in [2.24, 2.45) is 0 Å². The van der Waals surface area contributed by atoms with Gasteiger partial charge in [-0.1, -0.05) is 19.1 Å². The van der Waals surface area contributed by atoms with E-state index in [1.54, 1.807) is 0 Å². The van der Waals surface area contributed by atoms with Crippen LogP contribution in [0.4, 0.5) is 5.69 Å². The zero-order chi connectivity index (χ0) is 18.7. The SMILES string of the molecule is C=C(C)C(CCC(=O)CC)N1Cc2cc(N3CCNCC3)ccc2C1=O. The van der Waals surface area contributed by atoms with Gasteiger partial charge in [0.05, 0.1) is 6.04 Å². The lowest BCUT2D eigenvalue weighted by molar-refractivity contribution is -0.119. The highest BCUT2D eigenvalue weighted by molar-refractivity contribution is 5.99. The van der Waals surface area contributed by atoms with Gasteiger partial charge >= 0.3 is 0 Å². The van der Waals surface area contributed by atoms with Gasteiger partial charge in [0.25, 0.3) is 5.91 Å². The van der Waals surface area contributed by atoms with Crippen LogP contribution in [-0.4, -0.2) is 48.8 Å². The van der Waals surface area contributed by atoms with Gasteiger partial charge in [0, 0.05) is 56.8 Å². The molecule has 0 spiro atoms. The maximum absolute atomic E-state index is 12.9. The molecule has 0 radical (unpaired) electrons. The first kappa shape index (κ1) is 18.6. The Morgan fingerprint density at radius 1 is 1.31 bits per heavy atom. The minimum Gasteiger partial charge on any atom is -0.369 e. The van der Waals surface area contributed by atoms with E-state index in [1.165, 1.54) is 5.69 Å². The minimum absolute atomic E-state index is 0.0591. The average Bonchev–Trinajstić information content (AvgIpc) is 2.98. The van der Waals surface area contributed by atoms with Crippen LogP contribution in [0.15, 0.2) is 30.4 Å². The summed E-state index contributed by atoms with van der Waals surface area (Å²) in [5.74, 6) is 0.296. The Balaban J connectivity index is 1.76. The molecule has 1 fully saturated rings. The molecule has 3 rings (SSSR count). The largest absolute Gasteiger partial charge is 0.369 e. The number of nitrogens with zero attached hydrogens (tertiary/aromatic N) is 2. The quantitative estimate of drug-likeness (QED) is 0.764. The monoisotopic (exact) mass is 355 g/mol. The van der Waals surface area contributed by atoms with Crippen molar-refractivity contribution in [1.82, 2.24) is 10.2 Å². The van der Waals surface area contributed by atoms with E-state index in [1.807, 2.05) is 24.8 Å². The molecule has 1 atom stereocenters. The Bertz CT molecular complexity index is 707. The highest BCUT2D eigenvalue weighted by Crippen LogP contribution is 2.31. The molecule has 140 valence electrons. The molecule has 1 saturated heterocycles. The molecule has 2 heterocycles. The smallest absolute Gasteiger partial charge is 0.255 e. The van der Waals surface area contributed by atoms with Crippen LogP contribution in [-0.2, 0) is 11.3 Å². The van der Waals surface area contributed by atoms with Gasteiger partial charge < -0.3 is 15.1 Å². The van der Waals surface area contributed by atoms with Crippen molar-refractivity contribution in [3.8, 4) is 0 Å². The number of Topliss-reactive ketones (excluding diaryl/α,β-unsaturated/α-hetero) is 1. The maximum atomic E-state index is 12.9. The van der Waals surface area contributed by atoms with Gasteiger partial charge in [-0.2, -0.15) is 0 Å². The van der Waals surface area contributed by atoms with Crippen LogP contribution in [0.5, 0.6) is 0 Å². The van der Waals surface area contributed by atoms with Gasteiger partial charge in [-0.3, -0.25) is 9.59 Å². The molecule has 5 nitrogen and oxygen atoms in total. The van der Waals surface area contributed by atoms with Crippen molar-refractivity contribution < 1.29 is 9.59 Å². The summed E-state index contributed by atoms with van der Waals surface area (Å²) in [4.78, 5) is 28.9. The first-order chi connectivity index (χ1) is 12.5. The first-order valence-corrected chi connectivity index (χ1v) is 9.58. The topological polar surface area (TPSA) is 52.7 Å². The van der Waals surface area contributed by atoms with E-state index in [0.717, 1.165) is 42.9 Å². The van der Waals surface area contributed by atoms with Gasteiger partial charge in [-0.05, 0) is 37.1 Å². The average molecular weight is 355 g/mol. The number of ketones is 1. The summed E-state index contributed by atoms with van der Waals surface area (Å²) in [5.41, 5.74) is 4.00. The summed E-state index contributed by atoms with van der Waals surface area (Å²) in [7, 11) is 0. The Hall–Kier alpha value is -2.14. The van der Waals surface area contributed by atoms with E-state index in [0.29, 0.717) is 25.8 Å². The Morgan fingerprint density at radius 2 is 2.04 bits per heavy atom. The van der Waals surface area contributed by atoms with Crippen molar-refractivity contribution >= 4 is 17.4 Å². The van der Waals surface area contributed by atoms with Crippen LogP contribution in [0.3, 0.4) is 0 Å². The molecule has 1 aromatic carbocycles. The number of benzene rings is 1. The van der Waals surface area contributed by atoms with Crippen LogP contribution in [0.25, 0.3) is 0 Å². The number of piperazine rings is 1. The molecule has 0 saturated carbocycles. The molecule has 0 bridgehead atoms. The number of carbonyl (C=O) groups is 2. The van der Waals surface area contributed by atoms with Gasteiger partial charge in [0.2, 0.25) is 0 Å². The fourth-order valence-electron chi connectivity index (χ4n) is 3.84. The summed E-state index contributed by atoms with van der Waals surface area (Å²) in [6.45, 7) is 12.5. The van der Waals surface area contributed by atoms with Gasteiger partial charge in [-0.25, -0.2) is 0 Å². The van der Waals surface area contributed by atoms with Crippen LogP contribution in [0, 0.1) is 0 Å². The maximum Gasteiger partial charge on any atom is 0.255 e. The van der Waals surface area contributed by atoms with Crippen LogP contribution in [0.1, 0.15) is 49.0 Å². The number of fused-ring (bicyclic) bond motifs is 1. The third-order valence-corrected chi connectivity index (χ3v) is 5.44. The first-order valence-electron chi connectivity index (χ1n) is 9.58. The van der Waals surface area contributed by atoms with Crippen LogP contribution < -0.4 is 10.2 Å². The van der Waals surface area contributed by atoms with Crippen LogP contribution in [0.2, 0.25) is 0 Å². The molecule has 0 aromatic heterocycles. The fraction of sp³-hybridized carbons (Fsp3) is 0.524. The molecule has 5 heteroatoms. The van der Waals surface area contributed by atoms with Crippen molar-refractivity contribution in [3.63, 3.8) is 0 Å². The highest BCUT2D eigenvalue weighted by Gasteiger charge is 2.33. The van der Waals surface area contributed by atoms with Gasteiger partial charge in [0.15, 0.2) is 0 Å². The standard InChI is InChI=1S/C21H29N3O2/c1-4-18(25)6-8-20(15(2)3)24-14-16-13-17(5-7-19(16)21(24)26)23-11-9-22-10-12-23/h5,7,13,20,22H,2,4,6,8-12,14H2,1,3H3. The van der Waals surface area contributed by atoms with E-state index < -0.39 is 0 Å². The predicted octanol–water partition coefficient (Wildman–Crippen LogP) is 2.76. The second kappa shape index (κ2) is 8.04. The summed E-state index contributed by atoms with van der Waals surface area (Å²) in [5, 5.41) is 3.36. The number of hydrogen-bond acceptors (Lipinski definition) is 4. The number of rotatable bonds is 7. The second-order valence-corrected chi connectivity index (χ2v) is 7.30. The predicted molar refractivity (Wildman–Crippen MR) is 105 cm³/mol. The van der Waals surface area contributed by atoms with E-state index in [2.05, 4.69) is 28.9 Å². The summed E-state index contributed by atoms with van der Waals surface area (Å²) >= 11 is 0. The number of anilines is 1. The third-order valence-electron chi connectivity index (χ3n) is 5.44. The van der Waals surface area contributed by atoms with Crippen molar-refractivity contribution in [3.05, 3.63) is 41.5 Å². The van der Waals surface area contributed by atoms with E-state index in [4.69, 9.17) is 0 Å². The Labute approximate surface area is 156 Å². The zero-order valence-electron chi connectivity index (χ0n) is 15.9. The molecule has 1 unspecified atom stereocenters.